The first-order chi connectivity index (χ1) is 7.39. The van der Waals surface area contributed by atoms with Crippen LogP contribution in [0.1, 0.15) is 0 Å². The van der Waals surface area contributed by atoms with Crippen LogP contribution in [0.2, 0.25) is 0 Å². The van der Waals surface area contributed by atoms with Crippen LogP contribution in [-0.4, -0.2) is 32.0 Å². The molecule has 7 heteroatoms. The highest BCUT2D eigenvalue weighted by Gasteiger charge is 2.29. The molecule has 0 saturated carbocycles. The summed E-state index contributed by atoms with van der Waals surface area (Å²) in [6, 6.07) is 5.33. The minimum atomic E-state index is -4.04. The predicted molar refractivity (Wildman–Crippen MR) is 55.8 cm³/mol. The first-order valence-electron chi connectivity index (χ1n) is 4.26. The Labute approximate surface area is 92.6 Å². The summed E-state index contributed by atoms with van der Waals surface area (Å²) in [7, 11) is -2.60. The normalized spacial score (nSPS) is 13.1. The predicted octanol–water partition coefficient (Wildman–Crippen LogP) is -0.162. The molecule has 1 aromatic rings. The average molecular weight is 245 g/mol. The standard InChI is InChI=1S/C9H11NO5S/c1-15-6-2-4-7(5-3-6)16(13,14)8(10)9(11)12/h2-5,8H,10H2,1H3,(H,11,12). The fraction of sp³-hybridized carbons (Fsp3) is 0.222. The van der Waals surface area contributed by atoms with Crippen LogP contribution >= 0.6 is 0 Å². The molecule has 0 bridgehead atoms. The quantitative estimate of drug-likeness (QED) is 0.763. The van der Waals surface area contributed by atoms with Gasteiger partial charge in [-0.15, -0.1) is 0 Å². The van der Waals surface area contributed by atoms with E-state index in [9.17, 15) is 13.2 Å². The van der Waals surface area contributed by atoms with Crippen LogP contribution in [0.4, 0.5) is 0 Å². The molecule has 16 heavy (non-hydrogen) atoms. The van der Waals surface area contributed by atoms with Crippen LogP contribution in [0.25, 0.3) is 0 Å². The van der Waals surface area contributed by atoms with Gasteiger partial charge in [0.1, 0.15) is 5.75 Å². The third-order valence-electron chi connectivity index (χ3n) is 1.97. The summed E-state index contributed by atoms with van der Waals surface area (Å²) in [5.74, 6) is -1.11. The molecule has 1 atom stereocenters. The Kier molecular flexibility index (Phi) is 3.51. The van der Waals surface area contributed by atoms with E-state index in [0.717, 1.165) is 0 Å². The van der Waals surface area contributed by atoms with Crippen LogP contribution in [0.5, 0.6) is 5.75 Å². The number of methoxy groups -OCH3 is 1. The summed E-state index contributed by atoms with van der Waals surface area (Å²) in [4.78, 5) is 10.4. The highest BCUT2D eigenvalue weighted by Crippen LogP contribution is 2.18. The maximum absolute atomic E-state index is 11.6. The van der Waals surface area contributed by atoms with Crippen LogP contribution in [0, 0.1) is 0 Å². The fourth-order valence-corrected chi connectivity index (χ4v) is 2.12. The van der Waals surface area contributed by atoms with Gasteiger partial charge >= 0.3 is 5.97 Å². The van der Waals surface area contributed by atoms with Gasteiger partial charge in [0.05, 0.1) is 12.0 Å². The van der Waals surface area contributed by atoms with Gasteiger partial charge in [-0.2, -0.15) is 0 Å². The average Bonchev–Trinajstić information content (AvgIpc) is 2.28. The van der Waals surface area contributed by atoms with E-state index in [-0.39, 0.29) is 4.90 Å². The van der Waals surface area contributed by atoms with Crippen molar-refractivity contribution in [3.8, 4) is 5.75 Å². The molecule has 6 nitrogen and oxygen atoms in total. The largest absolute Gasteiger partial charge is 0.497 e. The molecule has 0 aliphatic carbocycles. The number of carboxylic acid groups (broad SMARTS) is 1. The first kappa shape index (κ1) is 12.5. The summed E-state index contributed by atoms with van der Waals surface area (Å²) in [6.07, 6.45) is 0. The number of hydrogen-bond donors (Lipinski definition) is 2. The molecule has 0 heterocycles. The molecule has 0 spiro atoms. The number of ether oxygens (including phenoxy) is 1. The molecule has 0 saturated heterocycles. The van der Waals surface area contributed by atoms with Crippen LogP contribution < -0.4 is 10.5 Å². The van der Waals surface area contributed by atoms with Crippen LogP contribution in [0.15, 0.2) is 29.2 Å². The summed E-state index contributed by atoms with van der Waals surface area (Å²) in [6.45, 7) is 0. The van der Waals surface area contributed by atoms with Crippen molar-refractivity contribution in [3.05, 3.63) is 24.3 Å². The third-order valence-corrected chi connectivity index (χ3v) is 3.77. The monoisotopic (exact) mass is 245 g/mol. The third kappa shape index (κ3) is 2.31. The number of carbonyl (C=O) groups is 1. The van der Waals surface area contributed by atoms with Crippen LogP contribution in [0.3, 0.4) is 0 Å². The SMILES string of the molecule is COc1ccc(S(=O)(=O)C(N)C(=O)O)cc1. The number of aliphatic carboxylic acids is 1. The number of carboxylic acids is 1. The fourth-order valence-electron chi connectivity index (χ4n) is 1.04. The summed E-state index contributed by atoms with van der Waals surface area (Å²) < 4.78 is 28.1. The van der Waals surface area contributed by atoms with Gasteiger partial charge in [-0.05, 0) is 24.3 Å². The lowest BCUT2D eigenvalue weighted by Crippen LogP contribution is -2.38. The molecule has 3 N–H and O–H groups in total. The molecule has 0 amide bonds. The van der Waals surface area contributed by atoms with E-state index in [1.807, 2.05) is 0 Å². The van der Waals surface area contributed by atoms with E-state index >= 15 is 0 Å². The lowest BCUT2D eigenvalue weighted by Gasteiger charge is -2.08. The molecule has 0 aliphatic rings. The van der Waals surface area contributed by atoms with Gasteiger partial charge in [-0.1, -0.05) is 0 Å². The van der Waals surface area contributed by atoms with Crippen molar-refractivity contribution in [1.29, 1.82) is 0 Å². The minimum absolute atomic E-state index is 0.150. The Balaban J connectivity index is 3.13. The zero-order chi connectivity index (χ0) is 12.3. The first-order valence-corrected chi connectivity index (χ1v) is 5.80. The molecule has 1 rings (SSSR count). The van der Waals surface area contributed by atoms with Gasteiger partial charge in [-0.3, -0.25) is 0 Å². The van der Waals surface area contributed by atoms with Gasteiger partial charge in [0.15, 0.2) is 0 Å². The second-order valence-electron chi connectivity index (χ2n) is 2.98. The molecule has 0 fully saturated rings. The van der Waals surface area contributed by atoms with Gasteiger partial charge < -0.3 is 15.6 Å². The Morgan fingerprint density at radius 2 is 1.88 bits per heavy atom. The minimum Gasteiger partial charge on any atom is -0.497 e. The van der Waals surface area contributed by atoms with Crippen molar-refractivity contribution >= 4 is 15.8 Å². The molecule has 0 aliphatic heterocycles. The molecular formula is C9H11NO5S. The zero-order valence-corrected chi connectivity index (χ0v) is 9.27. The maximum atomic E-state index is 11.6. The van der Waals surface area contributed by atoms with Gasteiger partial charge in [0.25, 0.3) is 0 Å². The number of hydrogen-bond acceptors (Lipinski definition) is 5. The van der Waals surface area contributed by atoms with Crippen molar-refractivity contribution < 1.29 is 23.1 Å². The smallest absolute Gasteiger partial charge is 0.336 e. The van der Waals surface area contributed by atoms with Gasteiger partial charge in [0.2, 0.25) is 15.2 Å². The van der Waals surface area contributed by atoms with E-state index in [4.69, 9.17) is 15.6 Å². The number of rotatable bonds is 4. The second-order valence-corrected chi connectivity index (χ2v) is 5.05. The van der Waals surface area contributed by atoms with Crippen molar-refractivity contribution in [2.75, 3.05) is 7.11 Å². The molecule has 1 unspecified atom stereocenters. The zero-order valence-electron chi connectivity index (χ0n) is 8.45. The Morgan fingerprint density at radius 3 is 2.25 bits per heavy atom. The number of sulfone groups is 1. The lowest BCUT2D eigenvalue weighted by atomic mass is 10.3. The topological polar surface area (TPSA) is 107 Å². The van der Waals surface area contributed by atoms with Crippen molar-refractivity contribution in [2.45, 2.75) is 10.3 Å². The van der Waals surface area contributed by atoms with Crippen LogP contribution in [-0.2, 0) is 14.6 Å². The van der Waals surface area contributed by atoms with Crippen molar-refractivity contribution in [3.63, 3.8) is 0 Å². The number of nitrogens with two attached hydrogens (primary N) is 1. The molecule has 0 radical (unpaired) electrons. The molecule has 0 aromatic heterocycles. The second kappa shape index (κ2) is 4.50. The maximum Gasteiger partial charge on any atom is 0.336 e. The summed E-state index contributed by atoms with van der Waals surface area (Å²) >= 11 is 0. The number of benzene rings is 1. The van der Waals surface area contributed by atoms with E-state index in [0.29, 0.717) is 5.75 Å². The van der Waals surface area contributed by atoms with E-state index in [1.54, 1.807) is 0 Å². The van der Waals surface area contributed by atoms with Gasteiger partial charge in [0, 0.05) is 0 Å². The lowest BCUT2D eigenvalue weighted by molar-refractivity contribution is -0.136. The molecular weight excluding hydrogens is 234 g/mol. The van der Waals surface area contributed by atoms with E-state index in [2.05, 4.69) is 0 Å². The van der Waals surface area contributed by atoms with Gasteiger partial charge in [-0.25, -0.2) is 13.2 Å². The summed E-state index contributed by atoms with van der Waals surface area (Å²) in [5.41, 5.74) is 5.08. The van der Waals surface area contributed by atoms with Crippen molar-refractivity contribution in [2.24, 2.45) is 5.73 Å². The Morgan fingerprint density at radius 1 is 1.38 bits per heavy atom. The highest BCUT2D eigenvalue weighted by molar-refractivity contribution is 7.92. The van der Waals surface area contributed by atoms with E-state index < -0.39 is 21.2 Å². The molecule has 1 aromatic carbocycles. The van der Waals surface area contributed by atoms with Crippen molar-refractivity contribution in [1.82, 2.24) is 0 Å². The van der Waals surface area contributed by atoms with E-state index in [1.165, 1.54) is 31.4 Å². The Bertz CT molecular complexity index is 479. The molecule has 88 valence electrons. The summed E-state index contributed by atoms with van der Waals surface area (Å²) in [5, 5.41) is 6.59. The Hall–Kier alpha value is -1.60. The highest BCUT2D eigenvalue weighted by atomic mass is 32.2.